The second kappa shape index (κ2) is 39.7. The highest BCUT2D eigenvalue weighted by Crippen LogP contribution is 2.46. The van der Waals surface area contributed by atoms with E-state index in [-0.39, 0.29) is 0 Å². The minimum atomic E-state index is 0.820. The van der Waals surface area contributed by atoms with E-state index < -0.39 is 0 Å². The Balaban J connectivity index is 0.000000165. The molecule has 82 heavy (non-hydrogen) atoms. The number of allylic oxidation sites excluding steroid dienone is 12. The van der Waals surface area contributed by atoms with Gasteiger partial charge < -0.3 is 0 Å². The Morgan fingerprint density at radius 3 is 0.427 bits per heavy atom. The lowest BCUT2D eigenvalue weighted by Crippen LogP contribution is -2.25. The third-order valence-corrected chi connectivity index (χ3v) is 25.2. The molecule has 0 unspecified atom stereocenters. The zero-order chi connectivity index (χ0) is 58.3. The molecule has 466 valence electrons. The highest BCUT2D eigenvalue weighted by atomic mass is 14.4. The molecule has 0 bridgehead atoms. The Kier molecular flexibility index (Phi) is 33.4. The Morgan fingerprint density at radius 1 is 0.183 bits per heavy atom. The Labute approximate surface area is 513 Å². The second-order valence-corrected chi connectivity index (χ2v) is 30.5. The molecule has 0 nitrogen and oxygen atoms in total. The average Bonchev–Trinajstić information content (AvgIpc) is 3.61. The van der Waals surface area contributed by atoms with Gasteiger partial charge in [0.2, 0.25) is 0 Å². The summed E-state index contributed by atoms with van der Waals surface area (Å²) in [6.45, 7) is 29.2. The molecule has 0 radical (unpaired) electrons. The Hall–Kier alpha value is -2.08. The molecule has 0 N–H and O–H groups in total. The molecule has 0 spiro atoms. The van der Waals surface area contributed by atoms with Gasteiger partial charge in [-0.25, -0.2) is 0 Å². The fraction of sp³-hybridized carbons (Fsp3) is 0.805. The molecule has 0 heteroatoms. The summed E-state index contributed by atoms with van der Waals surface area (Å²) in [6, 6.07) is 0. The molecular formula is C82H138. The molecule has 10 rings (SSSR count). The van der Waals surface area contributed by atoms with Crippen LogP contribution in [0.4, 0.5) is 0 Å². The summed E-state index contributed by atoms with van der Waals surface area (Å²) in [4.78, 5) is 0. The zero-order valence-electron chi connectivity index (χ0n) is 55.6. The quantitative estimate of drug-likeness (QED) is 0.161. The van der Waals surface area contributed by atoms with E-state index in [1.165, 1.54) is 257 Å². The van der Waals surface area contributed by atoms with Crippen LogP contribution < -0.4 is 0 Å². The van der Waals surface area contributed by atoms with Gasteiger partial charge in [-0.1, -0.05) is 112 Å². The maximum Gasteiger partial charge on any atom is -0.0233 e. The summed E-state index contributed by atoms with van der Waals surface area (Å²) < 4.78 is 0. The van der Waals surface area contributed by atoms with Crippen molar-refractivity contribution in [2.75, 3.05) is 0 Å². The van der Waals surface area contributed by atoms with Crippen LogP contribution >= 0.6 is 0 Å². The van der Waals surface area contributed by atoms with Crippen LogP contribution in [0.3, 0.4) is 0 Å². The monoisotopic (exact) mass is 1120 g/mol. The van der Waals surface area contributed by atoms with Gasteiger partial charge in [0.1, 0.15) is 0 Å². The topological polar surface area (TPSA) is 0 Å². The number of hydrogen-bond donors (Lipinski definition) is 0. The van der Waals surface area contributed by atoms with Crippen LogP contribution in [0.5, 0.6) is 0 Å². The van der Waals surface area contributed by atoms with Crippen molar-refractivity contribution in [2.45, 2.75) is 298 Å². The average molecular weight is 1120 g/mol. The van der Waals surface area contributed by atoms with Gasteiger partial charge in [-0.15, -0.1) is 26.3 Å². The summed E-state index contributed by atoms with van der Waals surface area (Å²) in [6.07, 6.45) is 86.0. The maximum absolute atomic E-state index is 3.94. The first-order chi connectivity index (χ1) is 40.1. The van der Waals surface area contributed by atoms with Gasteiger partial charge in [-0.3, -0.25) is 0 Å². The molecule has 0 aromatic rings. The van der Waals surface area contributed by atoms with Gasteiger partial charge >= 0.3 is 0 Å². The van der Waals surface area contributed by atoms with Crippen molar-refractivity contribution in [3.8, 4) is 0 Å². The Bertz CT molecular complexity index is 1700. The van der Waals surface area contributed by atoms with Crippen molar-refractivity contribution in [1.82, 2.24) is 0 Å². The van der Waals surface area contributed by atoms with Crippen LogP contribution in [0, 0.1) is 118 Å². The van der Waals surface area contributed by atoms with Crippen LogP contribution in [0.25, 0.3) is 0 Å². The van der Waals surface area contributed by atoms with E-state index in [1.807, 2.05) is 0 Å². The fourth-order valence-corrected chi connectivity index (χ4v) is 19.2. The molecule has 10 fully saturated rings. The fourth-order valence-electron chi connectivity index (χ4n) is 19.2. The Morgan fingerprint density at radius 2 is 0.305 bits per heavy atom. The highest BCUT2D eigenvalue weighted by Gasteiger charge is 2.34. The summed E-state index contributed by atoms with van der Waals surface area (Å²) in [7, 11) is 0. The first kappa shape index (κ1) is 69.0. The van der Waals surface area contributed by atoms with E-state index in [4.69, 9.17) is 0 Å². The smallest absolute Gasteiger partial charge is 0.0233 e. The predicted octanol–water partition coefficient (Wildman–Crippen LogP) is 26.1. The summed E-state index contributed by atoms with van der Waals surface area (Å²) >= 11 is 0. The number of rotatable bonds is 13. The first-order valence-corrected chi connectivity index (χ1v) is 37.1. The number of hydrogen-bond acceptors (Lipinski definition) is 0. The lowest BCUT2D eigenvalue weighted by Gasteiger charge is -2.36. The van der Waals surface area contributed by atoms with Crippen molar-refractivity contribution >= 4 is 0 Å². The van der Waals surface area contributed by atoms with E-state index >= 15 is 0 Å². The van der Waals surface area contributed by atoms with Crippen LogP contribution in [-0.2, 0) is 0 Å². The molecule has 10 aliphatic rings. The van der Waals surface area contributed by atoms with Gasteiger partial charge in [-0.2, -0.15) is 0 Å². The second-order valence-electron chi connectivity index (χ2n) is 30.5. The van der Waals surface area contributed by atoms with Gasteiger partial charge in [0.25, 0.3) is 0 Å². The normalized spacial score (nSPS) is 40.3. The lowest BCUT2D eigenvalue weighted by atomic mass is 9.69. The first-order valence-electron chi connectivity index (χ1n) is 37.1. The third kappa shape index (κ3) is 24.2. The van der Waals surface area contributed by atoms with Gasteiger partial charge in [-0.05, 0) is 377 Å². The van der Waals surface area contributed by atoms with E-state index in [2.05, 4.69) is 141 Å². The molecule has 0 heterocycles. The minimum Gasteiger partial charge on any atom is -0.103 e. The van der Waals surface area contributed by atoms with Crippen molar-refractivity contribution in [3.63, 3.8) is 0 Å². The molecule has 0 saturated heterocycles. The summed E-state index contributed by atoms with van der Waals surface area (Å²) in [5, 5.41) is 0. The zero-order valence-corrected chi connectivity index (χ0v) is 55.6. The largest absolute Gasteiger partial charge is 0.103 e. The standard InChI is InChI=1S/C18H30.C17H28.C16H28.C16H26.C15H26/c1-3-5-15-7-11-17(12-8-15)18-13-9-16(6-4-2)10-14-18;1-3-5-15-8-12-17(13-9-15)16-10-6-14(4-2)7-11-16;1-3-4-14-7-11-16(12-8-14)15-9-5-13(2)6-10-15;1-3-13-5-9-15(10-6-13)16-11-7-14(4-2)8-12-16;1-3-13-6-10-15(11-7-13)14-8-4-12(2)5-9-14/h3-6,15-18H,7-14H2,1-2H3;3-5,14-17H,2,6-13H2,1H3;3-4,13-16H,5-12H2,1-2H3;3-4,13-16H,1-2,5-12H2;3,12-15H,1,4-11H2,2H3/b5-3+,6-4+;5-3+;4-3+;;. The van der Waals surface area contributed by atoms with Crippen molar-refractivity contribution < 1.29 is 0 Å². The molecule has 10 aliphatic carbocycles. The summed E-state index contributed by atoms with van der Waals surface area (Å²) in [5.41, 5.74) is 0. The highest BCUT2D eigenvalue weighted by molar-refractivity contribution is 4.97. The van der Waals surface area contributed by atoms with E-state index in [1.54, 1.807) is 0 Å². The minimum absolute atomic E-state index is 0.820. The third-order valence-electron chi connectivity index (χ3n) is 25.2. The predicted molar refractivity (Wildman–Crippen MR) is 366 cm³/mol. The van der Waals surface area contributed by atoms with Gasteiger partial charge in [0.05, 0.1) is 0 Å². The van der Waals surface area contributed by atoms with Crippen molar-refractivity contribution in [2.24, 2.45) is 118 Å². The van der Waals surface area contributed by atoms with Crippen LogP contribution in [0.1, 0.15) is 298 Å². The lowest BCUT2D eigenvalue weighted by molar-refractivity contribution is 0.160. The molecule has 0 aliphatic heterocycles. The molecule has 0 aromatic carbocycles. The van der Waals surface area contributed by atoms with E-state index in [0.717, 1.165) is 118 Å². The molecule has 0 amide bonds. The van der Waals surface area contributed by atoms with Crippen molar-refractivity contribution in [3.05, 3.63) is 99.2 Å². The van der Waals surface area contributed by atoms with Gasteiger partial charge in [0, 0.05) is 0 Å². The van der Waals surface area contributed by atoms with E-state index in [0.29, 0.717) is 0 Å². The van der Waals surface area contributed by atoms with Crippen molar-refractivity contribution in [1.29, 1.82) is 0 Å². The molecule has 0 atom stereocenters. The molecule has 0 aromatic heterocycles. The van der Waals surface area contributed by atoms with E-state index in [9.17, 15) is 0 Å². The van der Waals surface area contributed by atoms with Crippen LogP contribution in [0.2, 0.25) is 0 Å². The van der Waals surface area contributed by atoms with Crippen LogP contribution in [-0.4, -0.2) is 0 Å². The van der Waals surface area contributed by atoms with Crippen LogP contribution in [0.15, 0.2) is 99.2 Å². The summed E-state index contributed by atoms with van der Waals surface area (Å²) in [5.74, 6) is 19.5. The van der Waals surface area contributed by atoms with Gasteiger partial charge in [0.15, 0.2) is 0 Å². The SMILES string of the molecule is C/C=C/C1CCC(C2CCC(/C=C/C)CC2)CC1.C/C=C/C1CCC(C2CCC(C)CC2)CC1.C=CC1CCC(C2CCC(/C=C/C)CC2)CC1.C=CC1CCC(C2CCC(C)CC2)CC1.C=CC1CCC(C2CCC(C=C)CC2)CC1. The maximum atomic E-state index is 3.94. The molecule has 10 saturated carbocycles. The molecular weight excluding hydrogens is 985 g/mol.